The Morgan fingerprint density at radius 2 is 1.61 bits per heavy atom. The molecule has 44 heavy (non-hydrogen) atoms. The molecule has 15 heteroatoms. The average molecular weight is 648 g/mol. The maximum Gasteiger partial charge on any atom is 0.435 e. The molecular formula is C29H25F8N3O3S. The summed E-state index contributed by atoms with van der Waals surface area (Å²) in [6, 6.07) is 4.38. The predicted molar refractivity (Wildman–Crippen MR) is 139 cm³/mol. The number of carbonyl (C=O) groups excluding carboxylic acids is 1. The molecule has 6 nitrogen and oxygen atoms in total. The number of alkyl halides is 7. The number of halogens is 8. The van der Waals surface area contributed by atoms with E-state index in [9.17, 15) is 43.9 Å². The fraction of sp³-hybridized carbons (Fsp3) is 0.448. The minimum absolute atomic E-state index is 0.0590. The number of amides is 1. The largest absolute Gasteiger partial charge is 0.435 e. The van der Waals surface area contributed by atoms with E-state index >= 15 is 4.39 Å². The third-order valence-corrected chi connectivity index (χ3v) is 11.8. The van der Waals surface area contributed by atoms with Gasteiger partial charge in [-0.25, -0.2) is 22.2 Å². The third kappa shape index (κ3) is 4.28. The molecule has 1 fully saturated rings. The van der Waals surface area contributed by atoms with E-state index in [1.807, 2.05) is 4.57 Å². The topological polar surface area (TPSA) is 72.3 Å². The lowest BCUT2D eigenvalue weighted by Crippen LogP contribution is -2.54. The van der Waals surface area contributed by atoms with E-state index in [2.05, 4.69) is 4.98 Å². The number of hydrogen-bond donors (Lipinski definition) is 0. The molecule has 0 unspecified atom stereocenters. The molecule has 1 aliphatic carbocycles. The Bertz CT molecular complexity index is 1700. The molecule has 0 spiro atoms. The number of carbonyl (C=O) groups is 1. The molecule has 2 aliphatic heterocycles. The Morgan fingerprint density at radius 3 is 2.27 bits per heavy atom. The molecule has 0 bridgehead atoms. The van der Waals surface area contributed by atoms with Crippen LogP contribution in [0.2, 0.25) is 0 Å². The third-order valence-electron chi connectivity index (χ3n) is 9.27. The molecule has 0 radical (unpaired) electrons. The number of likely N-dealkylation sites (tertiary alicyclic amines) is 1. The van der Waals surface area contributed by atoms with E-state index in [0.29, 0.717) is 31.5 Å². The smallest absolute Gasteiger partial charge is 0.337 e. The minimum Gasteiger partial charge on any atom is -0.337 e. The van der Waals surface area contributed by atoms with Crippen molar-refractivity contribution in [2.45, 2.75) is 72.4 Å². The van der Waals surface area contributed by atoms with Gasteiger partial charge in [0.05, 0.1) is 23.2 Å². The summed E-state index contributed by atoms with van der Waals surface area (Å²) in [5, 5.41) is 0. The van der Waals surface area contributed by atoms with Gasteiger partial charge in [-0.2, -0.15) is 26.3 Å². The second-order valence-corrected chi connectivity index (χ2v) is 13.7. The van der Waals surface area contributed by atoms with Crippen LogP contribution in [-0.4, -0.2) is 53.7 Å². The van der Waals surface area contributed by atoms with Crippen LogP contribution in [0.1, 0.15) is 41.6 Å². The van der Waals surface area contributed by atoms with E-state index < -0.39 is 55.9 Å². The maximum atomic E-state index is 15.0. The molecule has 2 aromatic carbocycles. The number of benzene rings is 2. The van der Waals surface area contributed by atoms with Gasteiger partial charge in [-0.05, 0) is 67.5 Å². The van der Waals surface area contributed by atoms with Gasteiger partial charge in [-0.1, -0.05) is 18.2 Å². The quantitative estimate of drug-likeness (QED) is 0.266. The monoisotopic (exact) mass is 647 g/mol. The van der Waals surface area contributed by atoms with Crippen LogP contribution in [0.4, 0.5) is 35.1 Å². The standard InChI is InChI=1S/C29H25F8N3O3S/c30-20-4-7-22(8-5-20)44(42,43)26-11-12-40(25(41)18-1-6-21-14-38-16-39(21)15-18)24(26)10-2-17-13-19(3-9-23(17)26)27(31,28(32,33)34)29(35,36)37/h3-5,7-9,13-14,16,18,24H,1-2,6,10-12,15H2/t18-,24-,26-/m1/s1. The van der Waals surface area contributed by atoms with Gasteiger partial charge in [0.2, 0.25) is 5.91 Å². The van der Waals surface area contributed by atoms with Crippen LogP contribution in [-0.2, 0) is 44.4 Å². The van der Waals surface area contributed by atoms with Gasteiger partial charge in [-0.15, -0.1) is 0 Å². The Labute approximate surface area is 246 Å². The van der Waals surface area contributed by atoms with E-state index in [-0.39, 0.29) is 47.7 Å². The van der Waals surface area contributed by atoms with Crippen LogP contribution < -0.4 is 0 Å². The summed E-state index contributed by atoms with van der Waals surface area (Å²) in [6.45, 7) is 0.249. The Kier molecular flexibility index (Phi) is 6.95. The first-order valence-electron chi connectivity index (χ1n) is 13.8. The van der Waals surface area contributed by atoms with Crippen LogP contribution >= 0.6 is 0 Å². The highest BCUT2D eigenvalue weighted by atomic mass is 32.2. The first-order valence-corrected chi connectivity index (χ1v) is 15.3. The molecule has 3 aromatic rings. The van der Waals surface area contributed by atoms with Crippen LogP contribution in [0.3, 0.4) is 0 Å². The summed E-state index contributed by atoms with van der Waals surface area (Å²) in [6.07, 6.45) is -8.94. The van der Waals surface area contributed by atoms with Gasteiger partial charge < -0.3 is 9.47 Å². The SMILES string of the molecule is O=C([C@@H]1CCc2cncn2C1)N1CC[C@@]2(S(=O)(=O)c3ccc(F)cc3)c3ccc(C(F)(C(F)(F)F)C(F)(F)F)cc3CC[C@@H]12. The minimum atomic E-state index is -6.35. The van der Waals surface area contributed by atoms with E-state index in [0.717, 1.165) is 36.0 Å². The predicted octanol–water partition coefficient (Wildman–Crippen LogP) is 5.79. The molecule has 0 saturated carbocycles. The van der Waals surface area contributed by atoms with E-state index in [1.54, 1.807) is 12.5 Å². The second-order valence-electron chi connectivity index (χ2n) is 11.5. The van der Waals surface area contributed by atoms with E-state index in [4.69, 9.17) is 0 Å². The van der Waals surface area contributed by atoms with Gasteiger partial charge in [0.25, 0.3) is 0 Å². The van der Waals surface area contributed by atoms with E-state index in [1.165, 1.54) is 4.90 Å². The Balaban J connectivity index is 1.47. The van der Waals surface area contributed by atoms with Crippen molar-refractivity contribution in [3.05, 3.63) is 83.2 Å². The van der Waals surface area contributed by atoms with Crippen LogP contribution in [0.25, 0.3) is 0 Å². The number of sulfone groups is 1. The summed E-state index contributed by atoms with van der Waals surface area (Å²) in [7, 11) is -4.55. The van der Waals surface area contributed by atoms with Crippen molar-refractivity contribution >= 4 is 15.7 Å². The number of nitrogens with zero attached hydrogens (tertiary/aromatic N) is 3. The van der Waals surface area contributed by atoms with Gasteiger partial charge in [0.15, 0.2) is 9.84 Å². The second kappa shape index (κ2) is 10.0. The Morgan fingerprint density at radius 1 is 0.932 bits per heavy atom. The number of aromatic nitrogens is 2. The highest BCUT2D eigenvalue weighted by molar-refractivity contribution is 7.92. The molecule has 1 amide bonds. The molecular weight excluding hydrogens is 622 g/mol. The Hall–Kier alpha value is -3.49. The highest BCUT2D eigenvalue weighted by Crippen LogP contribution is 2.57. The van der Waals surface area contributed by atoms with Crippen molar-refractivity contribution in [1.29, 1.82) is 0 Å². The van der Waals surface area contributed by atoms with Crippen molar-refractivity contribution in [3.8, 4) is 0 Å². The zero-order valence-corrected chi connectivity index (χ0v) is 23.6. The first kappa shape index (κ1) is 30.5. The van der Waals surface area contributed by atoms with Crippen LogP contribution in [0, 0.1) is 11.7 Å². The van der Waals surface area contributed by atoms with Gasteiger partial charge in [0, 0.05) is 30.5 Å². The van der Waals surface area contributed by atoms with Crippen molar-refractivity contribution in [1.82, 2.24) is 14.5 Å². The van der Waals surface area contributed by atoms with Crippen molar-refractivity contribution in [3.63, 3.8) is 0 Å². The highest BCUT2D eigenvalue weighted by Gasteiger charge is 2.74. The van der Waals surface area contributed by atoms with Crippen molar-refractivity contribution < 1.29 is 48.3 Å². The molecule has 3 heterocycles. The van der Waals surface area contributed by atoms with Crippen molar-refractivity contribution in [2.24, 2.45) is 5.92 Å². The summed E-state index contributed by atoms with van der Waals surface area (Å²) < 4.78 is 139. The number of rotatable bonds is 4. The normalized spacial score (nSPS) is 24.0. The molecule has 1 aromatic heterocycles. The van der Waals surface area contributed by atoms with Crippen LogP contribution in [0.5, 0.6) is 0 Å². The summed E-state index contributed by atoms with van der Waals surface area (Å²) >= 11 is 0. The number of aryl methyl sites for hydroxylation is 2. The molecule has 236 valence electrons. The zero-order valence-electron chi connectivity index (χ0n) is 22.8. The number of hydrogen-bond acceptors (Lipinski definition) is 4. The fourth-order valence-electron chi connectivity index (χ4n) is 7.13. The van der Waals surface area contributed by atoms with Crippen LogP contribution in [0.15, 0.2) is 59.9 Å². The first-order chi connectivity index (χ1) is 20.5. The lowest BCUT2D eigenvalue weighted by Gasteiger charge is -2.43. The molecule has 0 N–H and O–H groups in total. The summed E-state index contributed by atoms with van der Waals surface area (Å²) in [4.78, 5) is 19.1. The zero-order chi connectivity index (χ0) is 31.9. The molecule has 6 rings (SSSR count). The lowest BCUT2D eigenvalue weighted by atomic mass is 9.76. The lowest BCUT2D eigenvalue weighted by molar-refractivity contribution is -0.348. The summed E-state index contributed by atoms with van der Waals surface area (Å²) in [5.74, 6) is -1.58. The summed E-state index contributed by atoms with van der Waals surface area (Å²) in [5.41, 5.74) is -6.78. The van der Waals surface area contributed by atoms with Gasteiger partial charge in [-0.3, -0.25) is 4.79 Å². The molecule has 3 aliphatic rings. The average Bonchev–Trinajstić information content (AvgIpc) is 3.60. The van der Waals surface area contributed by atoms with Gasteiger partial charge in [0.1, 0.15) is 10.6 Å². The maximum absolute atomic E-state index is 15.0. The fourth-order valence-corrected chi connectivity index (χ4v) is 9.49. The molecule has 1 saturated heterocycles. The number of fused-ring (bicyclic) bond motifs is 4. The van der Waals surface area contributed by atoms with Gasteiger partial charge >= 0.3 is 18.0 Å². The molecule has 3 atom stereocenters. The van der Waals surface area contributed by atoms with Crippen molar-refractivity contribution in [2.75, 3.05) is 6.54 Å². The number of imidazole rings is 1.